The summed E-state index contributed by atoms with van der Waals surface area (Å²) in [7, 11) is 0. The highest BCUT2D eigenvalue weighted by Gasteiger charge is 2.37. The maximum Gasteiger partial charge on any atom is 0.121 e. The van der Waals surface area contributed by atoms with Gasteiger partial charge in [-0.2, -0.15) is 0 Å². The molecule has 3 aromatic carbocycles. The molecule has 0 radical (unpaired) electrons. The molecule has 128 valence electrons. The minimum atomic E-state index is -0.496. The van der Waals surface area contributed by atoms with Crippen LogP contribution in [0.15, 0.2) is 104 Å². The minimum Gasteiger partial charge on any atom is -0.319 e. The summed E-state index contributed by atoms with van der Waals surface area (Å²) in [5, 5.41) is 0. The molecule has 4 aromatic rings. The number of hydrogen-bond acceptors (Lipinski definition) is 1. The Bertz CT molecular complexity index is 907. The fourth-order valence-electron chi connectivity index (χ4n) is 3.60. The van der Waals surface area contributed by atoms with E-state index in [9.17, 15) is 0 Å². The van der Waals surface area contributed by atoms with E-state index in [4.69, 9.17) is 11.6 Å². The van der Waals surface area contributed by atoms with Crippen LogP contribution in [0.5, 0.6) is 0 Å². The summed E-state index contributed by atoms with van der Waals surface area (Å²) in [4.78, 5) is 4.34. The molecule has 2 nitrogen and oxygen atoms in total. The van der Waals surface area contributed by atoms with Gasteiger partial charge in [0.25, 0.3) is 0 Å². The Balaban J connectivity index is 2.07. The molecule has 0 saturated heterocycles. The number of halogens is 1. The fraction of sp³-hybridized carbons (Fsp3) is 0.0870. The molecule has 3 heteroatoms. The van der Waals surface area contributed by atoms with Crippen LogP contribution in [0.1, 0.15) is 22.3 Å². The molecule has 0 amide bonds. The molecule has 0 fully saturated rings. The molecule has 0 saturated carbocycles. The van der Waals surface area contributed by atoms with Gasteiger partial charge in [0, 0.05) is 18.3 Å². The number of nitrogens with zero attached hydrogens (tertiary/aromatic N) is 2. The zero-order valence-electron chi connectivity index (χ0n) is 14.3. The predicted octanol–water partition coefficient (Wildman–Crippen LogP) is 5.46. The van der Waals surface area contributed by atoms with E-state index in [0.29, 0.717) is 5.88 Å². The predicted molar refractivity (Wildman–Crippen MR) is 106 cm³/mol. The van der Waals surface area contributed by atoms with Crippen LogP contribution in [-0.4, -0.2) is 9.55 Å². The van der Waals surface area contributed by atoms with Gasteiger partial charge in [0.2, 0.25) is 0 Å². The van der Waals surface area contributed by atoms with Gasteiger partial charge in [-0.1, -0.05) is 84.9 Å². The van der Waals surface area contributed by atoms with Crippen molar-refractivity contribution in [2.24, 2.45) is 0 Å². The zero-order chi connectivity index (χ0) is 17.8. The lowest BCUT2D eigenvalue weighted by molar-refractivity contribution is 0.514. The van der Waals surface area contributed by atoms with E-state index < -0.39 is 5.54 Å². The highest BCUT2D eigenvalue weighted by molar-refractivity contribution is 6.17. The molecule has 0 aliphatic rings. The molecule has 0 unspecified atom stereocenters. The minimum absolute atomic E-state index is 0.496. The molecule has 1 heterocycles. The summed E-state index contributed by atoms with van der Waals surface area (Å²) >= 11 is 6.01. The van der Waals surface area contributed by atoms with E-state index >= 15 is 0 Å². The monoisotopic (exact) mass is 358 g/mol. The number of aromatic nitrogens is 2. The largest absolute Gasteiger partial charge is 0.319 e. The summed E-state index contributed by atoms with van der Waals surface area (Å²) in [6.07, 6.45) is 5.73. The Morgan fingerprint density at radius 2 is 1.27 bits per heavy atom. The molecule has 0 bridgehead atoms. The first-order chi connectivity index (χ1) is 12.9. The van der Waals surface area contributed by atoms with Crippen molar-refractivity contribution in [3.63, 3.8) is 0 Å². The highest BCUT2D eigenvalue weighted by Crippen LogP contribution is 2.40. The third-order valence-electron chi connectivity index (χ3n) is 4.80. The highest BCUT2D eigenvalue weighted by atomic mass is 35.5. The normalized spacial score (nSPS) is 11.4. The molecule has 0 N–H and O–H groups in total. The molecule has 0 spiro atoms. The van der Waals surface area contributed by atoms with Gasteiger partial charge < -0.3 is 4.57 Å². The summed E-state index contributed by atoms with van der Waals surface area (Å²) < 4.78 is 2.17. The van der Waals surface area contributed by atoms with E-state index in [2.05, 4.69) is 82.3 Å². The first-order valence-corrected chi connectivity index (χ1v) is 9.14. The van der Waals surface area contributed by atoms with Crippen LogP contribution in [-0.2, 0) is 11.4 Å². The molecule has 4 rings (SSSR count). The van der Waals surface area contributed by atoms with Gasteiger partial charge >= 0.3 is 0 Å². The van der Waals surface area contributed by atoms with Crippen LogP contribution in [0.3, 0.4) is 0 Å². The molecule has 26 heavy (non-hydrogen) atoms. The molecular formula is C23H19ClN2. The van der Waals surface area contributed by atoms with Crippen LogP contribution in [0.4, 0.5) is 0 Å². The number of rotatable bonds is 5. The third kappa shape index (κ3) is 2.73. The summed E-state index contributed by atoms with van der Waals surface area (Å²) in [5.41, 5.74) is 4.15. The van der Waals surface area contributed by atoms with Crippen molar-refractivity contribution in [2.45, 2.75) is 11.4 Å². The first-order valence-electron chi connectivity index (χ1n) is 8.60. The van der Waals surface area contributed by atoms with E-state index in [-0.39, 0.29) is 0 Å². The van der Waals surface area contributed by atoms with Gasteiger partial charge in [0.05, 0.1) is 6.33 Å². The Morgan fingerprint density at radius 1 is 0.731 bits per heavy atom. The van der Waals surface area contributed by atoms with Crippen LogP contribution in [0.25, 0.3) is 0 Å². The van der Waals surface area contributed by atoms with Gasteiger partial charge in [-0.25, -0.2) is 4.98 Å². The second kappa shape index (κ2) is 7.19. The lowest BCUT2D eigenvalue weighted by Gasteiger charge is -2.37. The van der Waals surface area contributed by atoms with E-state index in [0.717, 1.165) is 5.56 Å². The van der Waals surface area contributed by atoms with E-state index in [1.807, 2.05) is 30.9 Å². The number of benzene rings is 3. The molecule has 0 atom stereocenters. The SMILES string of the molecule is ClCc1ccc(C(c2ccccc2)(c2ccccc2)n2ccnc2)cc1. The Morgan fingerprint density at radius 3 is 1.73 bits per heavy atom. The standard InChI is InChI=1S/C23H19ClN2/c24-17-19-11-13-22(14-12-19)23(26-16-15-25-18-26,20-7-3-1-4-8-20)21-9-5-2-6-10-21/h1-16,18H,17H2. The second-order valence-corrected chi connectivity index (χ2v) is 6.51. The topological polar surface area (TPSA) is 17.8 Å². The number of imidazole rings is 1. The van der Waals surface area contributed by atoms with Crippen LogP contribution in [0.2, 0.25) is 0 Å². The average Bonchev–Trinajstić information content (AvgIpc) is 3.26. The smallest absolute Gasteiger partial charge is 0.121 e. The van der Waals surface area contributed by atoms with Crippen molar-refractivity contribution >= 4 is 11.6 Å². The average molecular weight is 359 g/mol. The Labute approximate surface area is 158 Å². The van der Waals surface area contributed by atoms with Crippen molar-refractivity contribution in [3.8, 4) is 0 Å². The second-order valence-electron chi connectivity index (χ2n) is 6.24. The van der Waals surface area contributed by atoms with Crippen LogP contribution < -0.4 is 0 Å². The van der Waals surface area contributed by atoms with Crippen LogP contribution >= 0.6 is 11.6 Å². The molecule has 0 aliphatic carbocycles. The number of alkyl halides is 1. The van der Waals surface area contributed by atoms with Crippen molar-refractivity contribution in [1.82, 2.24) is 9.55 Å². The van der Waals surface area contributed by atoms with Gasteiger partial charge in [-0.3, -0.25) is 0 Å². The maximum absolute atomic E-state index is 6.01. The summed E-state index contributed by atoms with van der Waals surface area (Å²) in [6.45, 7) is 0. The summed E-state index contributed by atoms with van der Waals surface area (Å²) in [5.74, 6) is 0.509. The van der Waals surface area contributed by atoms with Gasteiger partial charge in [-0.15, -0.1) is 11.6 Å². The summed E-state index contributed by atoms with van der Waals surface area (Å²) in [6, 6.07) is 29.6. The zero-order valence-corrected chi connectivity index (χ0v) is 15.1. The lowest BCUT2D eigenvalue weighted by Crippen LogP contribution is -2.36. The Kier molecular flexibility index (Phi) is 4.59. The van der Waals surface area contributed by atoms with Crippen molar-refractivity contribution in [1.29, 1.82) is 0 Å². The van der Waals surface area contributed by atoms with Crippen molar-refractivity contribution in [3.05, 3.63) is 126 Å². The lowest BCUT2D eigenvalue weighted by atomic mass is 9.76. The third-order valence-corrected chi connectivity index (χ3v) is 5.11. The number of hydrogen-bond donors (Lipinski definition) is 0. The van der Waals surface area contributed by atoms with Gasteiger partial charge in [0.15, 0.2) is 0 Å². The maximum atomic E-state index is 6.01. The van der Waals surface area contributed by atoms with Crippen LogP contribution in [0, 0.1) is 0 Å². The van der Waals surface area contributed by atoms with E-state index in [1.165, 1.54) is 16.7 Å². The fourth-order valence-corrected chi connectivity index (χ4v) is 3.78. The van der Waals surface area contributed by atoms with Gasteiger partial charge in [0.1, 0.15) is 5.54 Å². The molecule has 0 aliphatic heterocycles. The van der Waals surface area contributed by atoms with Crippen molar-refractivity contribution in [2.75, 3.05) is 0 Å². The van der Waals surface area contributed by atoms with Crippen molar-refractivity contribution < 1.29 is 0 Å². The van der Waals surface area contributed by atoms with E-state index in [1.54, 1.807) is 0 Å². The molecule has 1 aromatic heterocycles. The molecular weight excluding hydrogens is 340 g/mol. The quantitative estimate of drug-likeness (QED) is 0.342. The first kappa shape index (κ1) is 16.6. The van der Waals surface area contributed by atoms with Gasteiger partial charge in [-0.05, 0) is 22.3 Å². The Hall–Kier alpha value is -2.84.